The zero-order valence-electron chi connectivity index (χ0n) is 21.7. The molecule has 0 aliphatic rings. The monoisotopic (exact) mass is 538 g/mol. The summed E-state index contributed by atoms with van der Waals surface area (Å²) in [5.74, 6) is 0. The molecule has 0 aromatic heterocycles. The molecule has 0 atom stereocenters. The molecule has 0 aliphatic heterocycles. The van der Waals surface area contributed by atoms with Gasteiger partial charge in [-0.1, -0.05) is 64.5 Å². The van der Waals surface area contributed by atoms with Crippen molar-refractivity contribution < 1.29 is 20.4 Å². The average Bonchev–Trinajstić information content (AvgIpc) is 2.71. The van der Waals surface area contributed by atoms with E-state index in [0.29, 0.717) is 0 Å². The molecule has 0 amide bonds. The van der Waals surface area contributed by atoms with Crippen LogP contribution >= 0.6 is 0 Å². The third kappa shape index (κ3) is 11.4. The van der Waals surface area contributed by atoms with Gasteiger partial charge >= 0.3 is 0 Å². The van der Waals surface area contributed by atoms with Crippen LogP contribution in [0.25, 0.3) is 0 Å². The molecule has 0 fully saturated rings. The minimum Gasteiger partial charge on any atom is -0.252 e. The van der Waals surface area contributed by atoms with Gasteiger partial charge in [0.05, 0.1) is 22.8 Å². The standard InChI is InChI=1S/C30H44N2.Pd/c1-7-9-11-12-13-14-16-30(32-28-21-25(5)18-26(6)22-28)29(15-10-8-2)31-27-19-23(3)17-24(4)20-27;/h17-22H,7-16H2,1-6H3;/b31-29+,32-30+;. The van der Waals surface area contributed by atoms with Crippen LogP contribution in [0.4, 0.5) is 11.4 Å². The Labute approximate surface area is 217 Å². The Morgan fingerprint density at radius 1 is 0.515 bits per heavy atom. The first-order chi connectivity index (χ1) is 15.4. The molecular formula is C30H44N2Pd. The fourth-order valence-electron chi connectivity index (χ4n) is 4.29. The summed E-state index contributed by atoms with van der Waals surface area (Å²) in [6, 6.07) is 13.2. The van der Waals surface area contributed by atoms with E-state index in [4.69, 9.17) is 9.98 Å². The minimum atomic E-state index is 0. The van der Waals surface area contributed by atoms with Gasteiger partial charge in [-0.25, -0.2) is 0 Å². The van der Waals surface area contributed by atoms with Gasteiger partial charge in [-0.15, -0.1) is 0 Å². The van der Waals surface area contributed by atoms with Crippen molar-refractivity contribution in [1.82, 2.24) is 0 Å². The van der Waals surface area contributed by atoms with Crippen LogP contribution in [-0.2, 0) is 20.4 Å². The van der Waals surface area contributed by atoms with Gasteiger partial charge in [0.1, 0.15) is 0 Å². The largest absolute Gasteiger partial charge is 0.252 e. The summed E-state index contributed by atoms with van der Waals surface area (Å²) >= 11 is 0. The van der Waals surface area contributed by atoms with E-state index >= 15 is 0 Å². The normalized spacial score (nSPS) is 12.1. The van der Waals surface area contributed by atoms with Crippen molar-refractivity contribution >= 4 is 22.8 Å². The zero-order chi connectivity index (χ0) is 23.3. The Kier molecular flexibility index (Phi) is 14.4. The quantitative estimate of drug-likeness (QED) is 0.138. The van der Waals surface area contributed by atoms with Crippen molar-refractivity contribution in [3.8, 4) is 0 Å². The topological polar surface area (TPSA) is 24.7 Å². The van der Waals surface area contributed by atoms with Crippen molar-refractivity contribution in [2.75, 3.05) is 0 Å². The van der Waals surface area contributed by atoms with Gasteiger partial charge in [-0.2, -0.15) is 0 Å². The van der Waals surface area contributed by atoms with Crippen molar-refractivity contribution in [3.63, 3.8) is 0 Å². The van der Waals surface area contributed by atoms with E-state index in [0.717, 1.165) is 30.6 Å². The maximum Gasteiger partial charge on any atom is 0.0639 e. The van der Waals surface area contributed by atoms with Gasteiger partial charge < -0.3 is 0 Å². The molecule has 0 radical (unpaired) electrons. The first-order valence-corrected chi connectivity index (χ1v) is 12.7. The van der Waals surface area contributed by atoms with Gasteiger partial charge in [0.15, 0.2) is 0 Å². The molecule has 0 heterocycles. The van der Waals surface area contributed by atoms with Crippen LogP contribution in [0.15, 0.2) is 46.4 Å². The number of unbranched alkanes of at least 4 members (excludes halogenated alkanes) is 6. The summed E-state index contributed by atoms with van der Waals surface area (Å²) in [5.41, 5.74) is 9.54. The van der Waals surface area contributed by atoms with E-state index in [2.05, 4.69) is 77.9 Å². The number of rotatable bonds is 13. The molecule has 0 spiro atoms. The Bertz CT molecular complexity index is 871. The molecule has 0 unspecified atom stereocenters. The molecule has 2 aromatic rings. The summed E-state index contributed by atoms with van der Waals surface area (Å²) in [5, 5.41) is 0. The smallest absolute Gasteiger partial charge is 0.0639 e. The minimum absolute atomic E-state index is 0. The molecule has 0 N–H and O–H groups in total. The van der Waals surface area contributed by atoms with Crippen LogP contribution in [0.1, 0.15) is 100 Å². The van der Waals surface area contributed by atoms with Crippen molar-refractivity contribution in [2.24, 2.45) is 9.98 Å². The van der Waals surface area contributed by atoms with Crippen molar-refractivity contribution in [2.45, 2.75) is 106 Å². The third-order valence-corrected chi connectivity index (χ3v) is 5.81. The molecule has 2 nitrogen and oxygen atoms in total. The van der Waals surface area contributed by atoms with E-state index in [-0.39, 0.29) is 20.4 Å². The van der Waals surface area contributed by atoms with E-state index in [9.17, 15) is 0 Å². The second-order valence-corrected chi connectivity index (χ2v) is 9.43. The van der Waals surface area contributed by atoms with Gasteiger partial charge in [0.25, 0.3) is 0 Å². The van der Waals surface area contributed by atoms with Crippen LogP contribution in [0.2, 0.25) is 0 Å². The molecule has 0 aliphatic carbocycles. The Morgan fingerprint density at radius 3 is 1.30 bits per heavy atom. The van der Waals surface area contributed by atoms with Crippen LogP contribution in [0, 0.1) is 27.7 Å². The number of hydrogen-bond donors (Lipinski definition) is 0. The van der Waals surface area contributed by atoms with Crippen LogP contribution in [-0.4, -0.2) is 11.4 Å². The Balaban J connectivity index is 0.00000544. The fourth-order valence-corrected chi connectivity index (χ4v) is 4.29. The number of aliphatic imine (C=N–C) groups is 2. The second-order valence-electron chi connectivity index (χ2n) is 9.43. The molecule has 33 heavy (non-hydrogen) atoms. The Hall–Kier alpha value is -1.56. The van der Waals surface area contributed by atoms with Crippen LogP contribution in [0.3, 0.4) is 0 Å². The number of hydrogen-bond acceptors (Lipinski definition) is 2. The first kappa shape index (κ1) is 29.5. The number of nitrogens with zero attached hydrogens (tertiary/aromatic N) is 2. The van der Waals surface area contributed by atoms with Gasteiger partial charge in [-0.05, 0) is 99.9 Å². The van der Waals surface area contributed by atoms with E-state index in [1.165, 1.54) is 78.6 Å². The van der Waals surface area contributed by atoms with Crippen molar-refractivity contribution in [1.29, 1.82) is 0 Å². The van der Waals surface area contributed by atoms with E-state index in [1.54, 1.807) is 0 Å². The summed E-state index contributed by atoms with van der Waals surface area (Å²) in [7, 11) is 0. The number of aryl methyl sites for hydroxylation is 4. The van der Waals surface area contributed by atoms with Crippen molar-refractivity contribution in [3.05, 3.63) is 58.7 Å². The van der Waals surface area contributed by atoms with E-state index < -0.39 is 0 Å². The van der Waals surface area contributed by atoms with Gasteiger partial charge in [0, 0.05) is 20.4 Å². The SMILES string of the molecule is CCCCCCCCC(=N\c1cc(C)cc(C)c1)/C(CCCC)=N/c1cc(C)cc(C)c1.[Pd]. The molecule has 184 valence electrons. The van der Waals surface area contributed by atoms with Gasteiger partial charge in [0.2, 0.25) is 0 Å². The van der Waals surface area contributed by atoms with Gasteiger partial charge in [-0.3, -0.25) is 9.98 Å². The van der Waals surface area contributed by atoms with Crippen LogP contribution < -0.4 is 0 Å². The molecule has 2 aromatic carbocycles. The summed E-state index contributed by atoms with van der Waals surface area (Å²) in [6.07, 6.45) is 12.1. The van der Waals surface area contributed by atoms with E-state index in [1.807, 2.05) is 0 Å². The predicted molar refractivity (Wildman–Crippen MR) is 144 cm³/mol. The first-order valence-electron chi connectivity index (χ1n) is 12.7. The fraction of sp³-hybridized carbons (Fsp3) is 0.533. The molecule has 2 rings (SSSR count). The number of benzene rings is 2. The second kappa shape index (κ2) is 16.1. The molecule has 0 bridgehead atoms. The summed E-state index contributed by atoms with van der Waals surface area (Å²) < 4.78 is 0. The molecule has 0 saturated carbocycles. The predicted octanol–water partition coefficient (Wildman–Crippen LogP) is 9.70. The molecular weight excluding hydrogens is 495 g/mol. The summed E-state index contributed by atoms with van der Waals surface area (Å²) in [4.78, 5) is 10.4. The average molecular weight is 539 g/mol. The molecule has 3 heteroatoms. The third-order valence-electron chi connectivity index (χ3n) is 5.81. The maximum absolute atomic E-state index is 5.19. The molecule has 0 saturated heterocycles. The Morgan fingerprint density at radius 2 is 0.879 bits per heavy atom. The van der Waals surface area contributed by atoms with Crippen LogP contribution in [0.5, 0.6) is 0 Å². The summed E-state index contributed by atoms with van der Waals surface area (Å²) in [6.45, 7) is 13.1. The zero-order valence-corrected chi connectivity index (χ0v) is 23.3. The maximum atomic E-state index is 5.19.